The predicted molar refractivity (Wildman–Crippen MR) is 22.9 cm³/mol. The van der Waals surface area contributed by atoms with Gasteiger partial charge in [-0.1, -0.05) is 5.76 Å². The van der Waals surface area contributed by atoms with Crippen LogP contribution in [0, 0.1) is 0 Å². The normalized spacial score (nSPS) is 18.0. The maximum Gasteiger partial charge on any atom is 0.0863 e. The zero-order valence-corrected chi connectivity index (χ0v) is 3.76. The molecular weight excluding hydrogens is 92.1 g/mol. The molecule has 2 heteroatoms. The van der Waals surface area contributed by atoms with E-state index < -0.39 is 0 Å². The zero-order valence-electron chi connectivity index (χ0n) is 3.76. The molecule has 0 unspecified atom stereocenters. The smallest absolute Gasteiger partial charge is 0.0863 e. The van der Waals surface area contributed by atoms with Crippen molar-refractivity contribution in [3.63, 3.8) is 0 Å². The van der Waals surface area contributed by atoms with Gasteiger partial charge in [0.2, 0.25) is 0 Å². The Balaban J connectivity index is 2.50. The van der Waals surface area contributed by atoms with Crippen LogP contribution < -0.4 is 5.11 Å². The Morgan fingerprint density at radius 3 is 2.86 bits per heavy atom. The summed E-state index contributed by atoms with van der Waals surface area (Å²) in [5.74, 6) is 0.0301. The molecule has 0 aromatic heterocycles. The highest BCUT2D eigenvalue weighted by atomic mass is 16.5. The first-order valence-electron chi connectivity index (χ1n) is 2.06. The van der Waals surface area contributed by atoms with Gasteiger partial charge in [-0.15, -0.1) is 0 Å². The summed E-state index contributed by atoms with van der Waals surface area (Å²) in [6, 6.07) is 0. The topological polar surface area (TPSA) is 32.3 Å². The first-order chi connectivity index (χ1) is 3.39. The fourth-order valence-electron chi connectivity index (χ4n) is 0.383. The Hall–Kier alpha value is -0.920. The van der Waals surface area contributed by atoms with Crippen molar-refractivity contribution in [3.05, 3.63) is 24.4 Å². The molecule has 0 saturated carbocycles. The largest absolute Gasteiger partial charge is 0.873 e. The van der Waals surface area contributed by atoms with E-state index in [0.29, 0.717) is 6.42 Å². The van der Waals surface area contributed by atoms with E-state index in [1.807, 2.05) is 0 Å². The van der Waals surface area contributed by atoms with E-state index in [9.17, 15) is 5.11 Å². The molecule has 0 spiro atoms. The number of ether oxygens (including phenoxy) is 1. The van der Waals surface area contributed by atoms with E-state index >= 15 is 0 Å². The predicted octanol–water partition coefficient (Wildman–Crippen LogP) is 0.122. The van der Waals surface area contributed by atoms with Crippen molar-refractivity contribution in [1.82, 2.24) is 0 Å². The van der Waals surface area contributed by atoms with Crippen LogP contribution >= 0.6 is 0 Å². The SMILES string of the molecule is [O-]C1=COC=CC1. The summed E-state index contributed by atoms with van der Waals surface area (Å²) in [6.07, 6.45) is 4.88. The summed E-state index contributed by atoms with van der Waals surface area (Å²) in [5, 5.41) is 10.2. The zero-order chi connectivity index (χ0) is 5.11. The van der Waals surface area contributed by atoms with Gasteiger partial charge in [-0.25, -0.2) is 0 Å². The maximum atomic E-state index is 10.2. The van der Waals surface area contributed by atoms with E-state index in [2.05, 4.69) is 4.74 Å². The third kappa shape index (κ3) is 0.961. The van der Waals surface area contributed by atoms with Crippen molar-refractivity contribution in [2.24, 2.45) is 0 Å². The van der Waals surface area contributed by atoms with E-state index in [1.54, 1.807) is 6.08 Å². The second-order valence-electron chi connectivity index (χ2n) is 1.30. The quantitative estimate of drug-likeness (QED) is 0.430. The lowest BCUT2D eigenvalue weighted by Gasteiger charge is -2.10. The molecular formula is C5H5O2-. The van der Waals surface area contributed by atoms with Crippen LogP contribution in [0.1, 0.15) is 6.42 Å². The van der Waals surface area contributed by atoms with Gasteiger partial charge >= 0.3 is 0 Å². The third-order valence-electron chi connectivity index (χ3n) is 0.693. The lowest BCUT2D eigenvalue weighted by molar-refractivity contribution is -0.308. The summed E-state index contributed by atoms with van der Waals surface area (Å²) < 4.78 is 4.53. The second-order valence-corrected chi connectivity index (χ2v) is 1.30. The van der Waals surface area contributed by atoms with Crippen molar-refractivity contribution in [3.8, 4) is 0 Å². The van der Waals surface area contributed by atoms with Crippen LogP contribution in [0.3, 0.4) is 0 Å². The molecule has 0 atom stereocenters. The molecule has 2 nitrogen and oxygen atoms in total. The molecule has 0 saturated heterocycles. The van der Waals surface area contributed by atoms with E-state index in [4.69, 9.17) is 0 Å². The van der Waals surface area contributed by atoms with Gasteiger partial charge in [0, 0.05) is 0 Å². The van der Waals surface area contributed by atoms with Crippen molar-refractivity contribution in [1.29, 1.82) is 0 Å². The Morgan fingerprint density at radius 2 is 2.57 bits per heavy atom. The summed E-state index contributed by atoms with van der Waals surface area (Å²) in [5.41, 5.74) is 0. The van der Waals surface area contributed by atoms with Crippen molar-refractivity contribution in [2.75, 3.05) is 0 Å². The van der Waals surface area contributed by atoms with Crippen molar-refractivity contribution >= 4 is 0 Å². The highest BCUT2D eigenvalue weighted by Gasteiger charge is 1.82. The van der Waals surface area contributed by atoms with Crippen LogP contribution in [0.4, 0.5) is 0 Å². The standard InChI is InChI=1S/C5H6O2/c6-5-2-1-3-7-4-5/h1,3-4,6H,2H2/p-1. The minimum absolute atomic E-state index is 0.0301. The molecule has 0 N–H and O–H groups in total. The lowest BCUT2D eigenvalue weighted by atomic mass is 10.3. The van der Waals surface area contributed by atoms with Gasteiger partial charge in [-0.05, 0) is 12.5 Å². The molecule has 1 aliphatic heterocycles. The molecule has 0 bridgehead atoms. The van der Waals surface area contributed by atoms with Crippen molar-refractivity contribution < 1.29 is 9.84 Å². The van der Waals surface area contributed by atoms with Gasteiger partial charge in [0.1, 0.15) is 0 Å². The highest BCUT2D eigenvalue weighted by Crippen LogP contribution is 1.99. The summed E-state index contributed by atoms with van der Waals surface area (Å²) in [7, 11) is 0. The molecule has 0 aromatic carbocycles. The first kappa shape index (κ1) is 4.24. The molecule has 0 aromatic rings. The molecule has 0 radical (unpaired) electrons. The van der Waals surface area contributed by atoms with Gasteiger partial charge in [0.05, 0.1) is 12.5 Å². The van der Waals surface area contributed by atoms with Crippen LogP contribution in [0.5, 0.6) is 0 Å². The first-order valence-corrected chi connectivity index (χ1v) is 2.06. The lowest BCUT2D eigenvalue weighted by Crippen LogP contribution is -2.03. The van der Waals surface area contributed by atoms with Gasteiger partial charge in [0.25, 0.3) is 0 Å². The average molecular weight is 97.1 g/mol. The number of allylic oxidation sites excluding steroid dienone is 1. The molecule has 1 rings (SSSR count). The maximum absolute atomic E-state index is 10.2. The molecule has 7 heavy (non-hydrogen) atoms. The monoisotopic (exact) mass is 97.0 g/mol. The minimum atomic E-state index is 0.0301. The fourth-order valence-corrected chi connectivity index (χ4v) is 0.383. The van der Waals surface area contributed by atoms with Crippen LogP contribution in [-0.2, 0) is 4.74 Å². The van der Waals surface area contributed by atoms with Gasteiger partial charge < -0.3 is 9.84 Å². The van der Waals surface area contributed by atoms with E-state index in [-0.39, 0.29) is 5.76 Å². The number of rotatable bonds is 0. The number of hydrogen-bond acceptors (Lipinski definition) is 2. The van der Waals surface area contributed by atoms with Crippen LogP contribution in [0.2, 0.25) is 0 Å². The molecule has 1 heterocycles. The Kier molecular flexibility index (Phi) is 1.02. The Labute approximate surface area is 41.7 Å². The minimum Gasteiger partial charge on any atom is -0.873 e. The third-order valence-corrected chi connectivity index (χ3v) is 0.693. The summed E-state index contributed by atoms with van der Waals surface area (Å²) >= 11 is 0. The van der Waals surface area contributed by atoms with E-state index in [1.165, 1.54) is 12.5 Å². The Bertz CT molecular complexity index is 113. The van der Waals surface area contributed by atoms with Gasteiger partial charge in [-0.2, -0.15) is 0 Å². The molecule has 0 fully saturated rings. The number of hydrogen-bond donors (Lipinski definition) is 0. The van der Waals surface area contributed by atoms with Gasteiger partial charge in [-0.3, -0.25) is 0 Å². The molecule has 38 valence electrons. The van der Waals surface area contributed by atoms with E-state index in [0.717, 1.165) is 0 Å². The molecule has 1 aliphatic rings. The Morgan fingerprint density at radius 1 is 1.71 bits per heavy atom. The highest BCUT2D eigenvalue weighted by molar-refractivity contribution is 4.97. The molecule has 0 amide bonds. The average Bonchev–Trinajstić information content (AvgIpc) is 1.69. The second kappa shape index (κ2) is 1.69. The summed E-state index contributed by atoms with van der Waals surface area (Å²) in [4.78, 5) is 0. The van der Waals surface area contributed by atoms with Crippen LogP contribution in [0.15, 0.2) is 24.4 Å². The van der Waals surface area contributed by atoms with Crippen LogP contribution in [-0.4, -0.2) is 0 Å². The van der Waals surface area contributed by atoms with Crippen LogP contribution in [0.25, 0.3) is 0 Å². The summed E-state index contributed by atoms with van der Waals surface area (Å²) in [6.45, 7) is 0. The van der Waals surface area contributed by atoms with Crippen molar-refractivity contribution in [2.45, 2.75) is 6.42 Å². The fraction of sp³-hybridized carbons (Fsp3) is 0.200. The van der Waals surface area contributed by atoms with Gasteiger partial charge in [0.15, 0.2) is 0 Å². The molecule has 0 aliphatic carbocycles.